The van der Waals surface area contributed by atoms with E-state index in [1.165, 1.54) is 45.1 Å². The predicted molar refractivity (Wildman–Crippen MR) is 255 cm³/mol. The minimum absolute atomic E-state index is 0.0922. The van der Waals surface area contributed by atoms with E-state index in [9.17, 15) is 23.3 Å². The number of piperidine rings is 1. The molecule has 3 aliphatic heterocycles. The molecule has 3 N–H and O–H groups in total. The number of ether oxygens (including phenoxy) is 1. The number of H-pyrrole nitrogens is 1. The van der Waals surface area contributed by atoms with E-state index in [1.54, 1.807) is 23.4 Å². The number of likely N-dealkylation sites (tertiary alicyclic amines) is 1. The highest BCUT2D eigenvalue weighted by atomic mass is 32.2. The summed E-state index contributed by atoms with van der Waals surface area (Å²) in [5.41, 5.74) is 4.05. The Morgan fingerprint density at radius 3 is 2.48 bits per heavy atom. The number of carbonyl (C=O) groups excluding carboxylic acids is 1. The van der Waals surface area contributed by atoms with Crippen LogP contribution in [-0.4, -0.2) is 90.1 Å². The van der Waals surface area contributed by atoms with Gasteiger partial charge >= 0.3 is 5.69 Å². The number of nitro groups is 1. The maximum atomic E-state index is 15.4. The number of pyridine rings is 2. The molecule has 5 fully saturated rings. The average Bonchev–Trinajstić information content (AvgIpc) is 3.95. The Labute approximate surface area is 390 Å². The topological polar surface area (TPSA) is 179 Å². The second kappa shape index (κ2) is 17.4. The van der Waals surface area contributed by atoms with Gasteiger partial charge in [-0.05, 0) is 130 Å². The number of carbonyl (C=O) groups is 1. The lowest BCUT2D eigenvalue weighted by Gasteiger charge is -2.56. The van der Waals surface area contributed by atoms with Crippen molar-refractivity contribution in [3.05, 3.63) is 99.9 Å². The first kappa shape index (κ1) is 43.7. The molecule has 3 aliphatic carbocycles. The molecule has 2 aromatic carbocycles. The van der Waals surface area contributed by atoms with Crippen LogP contribution in [0, 0.1) is 15.5 Å². The second-order valence-electron chi connectivity index (χ2n) is 19.9. The Morgan fingerprint density at radius 2 is 1.70 bits per heavy atom. The van der Waals surface area contributed by atoms with Crippen molar-refractivity contribution in [2.45, 2.75) is 118 Å². The second-order valence-corrected chi connectivity index (χ2v) is 21.6. The van der Waals surface area contributed by atoms with Gasteiger partial charge in [-0.3, -0.25) is 19.8 Å². The van der Waals surface area contributed by atoms with Gasteiger partial charge in [0.1, 0.15) is 21.9 Å². The molecule has 0 radical (unpaired) electrons. The highest BCUT2D eigenvalue weighted by molar-refractivity contribution is 7.90. The van der Waals surface area contributed by atoms with Gasteiger partial charge in [-0.25, -0.2) is 22.5 Å². The van der Waals surface area contributed by atoms with E-state index in [4.69, 9.17) is 9.72 Å². The van der Waals surface area contributed by atoms with Crippen LogP contribution in [0.25, 0.3) is 11.0 Å². The fraction of sp³-hybridized carbons (Fsp3) is 0.500. The average molecular weight is 932 g/mol. The van der Waals surface area contributed by atoms with Gasteiger partial charge in [0.05, 0.1) is 35.5 Å². The Hall–Kier alpha value is -5.81. The fourth-order valence-electron chi connectivity index (χ4n) is 11.8. The minimum atomic E-state index is -4.68. The molecule has 1 amide bonds. The number of sulfonamides is 1. The summed E-state index contributed by atoms with van der Waals surface area (Å²) in [5.74, 6) is -0.0270. The van der Waals surface area contributed by atoms with E-state index in [0.717, 1.165) is 74.4 Å². The molecule has 6 heterocycles. The van der Waals surface area contributed by atoms with Crippen molar-refractivity contribution < 1.29 is 27.3 Å². The molecule has 17 heteroatoms. The van der Waals surface area contributed by atoms with E-state index in [2.05, 4.69) is 54.1 Å². The lowest BCUT2D eigenvalue weighted by atomic mass is 9.59. The number of hydrogen-bond donors (Lipinski definition) is 3. The number of halogens is 1. The van der Waals surface area contributed by atoms with Crippen LogP contribution in [-0.2, 0) is 10.0 Å². The summed E-state index contributed by atoms with van der Waals surface area (Å²) < 4.78 is 51.6. The third kappa shape index (κ3) is 8.57. The zero-order valence-corrected chi connectivity index (χ0v) is 38.5. The van der Waals surface area contributed by atoms with E-state index in [1.807, 2.05) is 29.2 Å². The molecule has 11 rings (SSSR count). The van der Waals surface area contributed by atoms with Crippen LogP contribution in [0.3, 0.4) is 0 Å². The largest absolute Gasteiger partial charge is 0.476 e. The zero-order valence-electron chi connectivity index (χ0n) is 37.7. The Bertz CT molecular complexity index is 2810. The van der Waals surface area contributed by atoms with Crippen LogP contribution in [0.15, 0.2) is 78.0 Å². The fourth-order valence-corrected chi connectivity index (χ4v) is 12.7. The summed E-state index contributed by atoms with van der Waals surface area (Å²) in [6.07, 6.45) is 16.0. The summed E-state index contributed by atoms with van der Waals surface area (Å²) >= 11 is 0. The van der Waals surface area contributed by atoms with Gasteiger partial charge in [0.25, 0.3) is 15.9 Å². The monoisotopic (exact) mass is 931 g/mol. The lowest BCUT2D eigenvalue weighted by Crippen LogP contribution is -2.55. The highest BCUT2D eigenvalue weighted by Crippen LogP contribution is 2.55. The molecule has 6 aliphatic rings. The molecule has 0 bridgehead atoms. The van der Waals surface area contributed by atoms with Gasteiger partial charge in [0.2, 0.25) is 11.7 Å². The number of alkyl halides is 1. The van der Waals surface area contributed by atoms with Gasteiger partial charge in [-0.15, -0.1) is 0 Å². The molecule has 3 saturated carbocycles. The number of rotatable bonds is 12. The normalized spacial score (nSPS) is 21.9. The van der Waals surface area contributed by atoms with E-state index < -0.39 is 37.1 Å². The maximum absolute atomic E-state index is 15.4. The van der Waals surface area contributed by atoms with Crippen molar-refractivity contribution in [1.82, 2.24) is 24.6 Å². The summed E-state index contributed by atoms with van der Waals surface area (Å²) in [5, 5.41) is 15.8. The van der Waals surface area contributed by atoms with Gasteiger partial charge in [-0.1, -0.05) is 43.5 Å². The van der Waals surface area contributed by atoms with Crippen molar-refractivity contribution in [3.8, 4) is 5.88 Å². The molecule has 15 nitrogen and oxygen atoms in total. The molecule has 0 unspecified atom stereocenters. The molecule has 1 atom stereocenters. The molecule has 1 spiro atoms. The smallest absolute Gasteiger partial charge is 0.312 e. The number of aromatic nitrogens is 3. The molecule has 352 valence electrons. The third-order valence-electron chi connectivity index (χ3n) is 15.6. The molecular formula is C50H58FN9O6S. The minimum Gasteiger partial charge on any atom is -0.476 e. The molecule has 3 aromatic heterocycles. The van der Waals surface area contributed by atoms with Crippen LogP contribution in [0.5, 0.6) is 5.88 Å². The van der Waals surface area contributed by atoms with Crippen LogP contribution in [0.1, 0.15) is 123 Å². The van der Waals surface area contributed by atoms with Crippen molar-refractivity contribution in [3.63, 3.8) is 0 Å². The number of aromatic amines is 1. The number of amides is 1. The highest BCUT2D eigenvalue weighted by Gasteiger charge is 2.50. The van der Waals surface area contributed by atoms with Crippen LogP contribution in [0.4, 0.5) is 33.0 Å². The van der Waals surface area contributed by atoms with Gasteiger partial charge in [0, 0.05) is 55.1 Å². The first-order valence-corrected chi connectivity index (χ1v) is 25.7. The van der Waals surface area contributed by atoms with E-state index >= 15 is 4.39 Å². The third-order valence-corrected chi connectivity index (χ3v) is 16.9. The van der Waals surface area contributed by atoms with Crippen molar-refractivity contribution >= 4 is 55.5 Å². The number of hydrogen-bond acceptors (Lipinski definition) is 12. The number of nitrogens with zero attached hydrogens (tertiary/aromatic N) is 6. The zero-order chi connectivity index (χ0) is 45.9. The summed E-state index contributed by atoms with van der Waals surface area (Å²) in [6.45, 7) is 3.54. The Balaban J connectivity index is 0.840. The SMILES string of the molecule is O=C(NS(=O)(=O)c1cnc(NCC2(F)CCCCC2)c([N+](=O)[O-])c1)c1ccc(N2CCC3(CC2)CC(N2CCC[C@@H]2c2ccccc2C2CC2)C3)cc1N1CCCOc2nc3[nH]ccc3cc21. The van der Waals surface area contributed by atoms with Gasteiger partial charge < -0.3 is 24.8 Å². The number of fused-ring (bicyclic) bond motifs is 2. The van der Waals surface area contributed by atoms with Gasteiger partial charge in [-0.2, -0.15) is 4.98 Å². The molecule has 2 saturated heterocycles. The first-order chi connectivity index (χ1) is 32.4. The number of nitrogens with one attached hydrogen (secondary N) is 3. The molecular weight excluding hydrogens is 874 g/mol. The van der Waals surface area contributed by atoms with Crippen LogP contribution in [0.2, 0.25) is 0 Å². The standard InChI is InChI=1S/C50H58FN9O6S/c51-50(16-4-1-5-17-50)32-54-46-43(60(62)63)28-37(31-53-46)67(64,65)56-47(61)40-14-13-35(27-42(40)59-22-7-25-66-48-44(59)26-34-15-20-52-45(34)55-48)57-23-18-49(19-24-57)29-36(30-49)58-21-6-10-41(58)39-9-3-2-8-38(39)33-11-12-33/h2-3,8-9,13-15,20,26-28,31,33,36,41H,1,4-7,10-12,16-19,21-25,29-30,32H2,(H,52,55)(H,53,54)(H,56,61)/t41-/m1/s1. The maximum Gasteiger partial charge on any atom is 0.312 e. The van der Waals surface area contributed by atoms with E-state index in [0.29, 0.717) is 72.8 Å². The summed E-state index contributed by atoms with van der Waals surface area (Å²) in [7, 11) is -4.68. The van der Waals surface area contributed by atoms with E-state index in [-0.39, 0.29) is 17.9 Å². The summed E-state index contributed by atoms with van der Waals surface area (Å²) in [6, 6.07) is 20.5. The number of anilines is 4. The predicted octanol–water partition coefficient (Wildman–Crippen LogP) is 9.45. The number of benzene rings is 2. The quantitative estimate of drug-likeness (QED) is 0.0799. The Kier molecular flexibility index (Phi) is 11.3. The lowest BCUT2D eigenvalue weighted by molar-refractivity contribution is -0.384. The van der Waals surface area contributed by atoms with Crippen molar-refractivity contribution in [2.75, 3.05) is 54.4 Å². The Morgan fingerprint density at radius 1 is 0.910 bits per heavy atom. The summed E-state index contributed by atoms with van der Waals surface area (Å²) in [4.78, 5) is 44.4. The first-order valence-electron chi connectivity index (χ1n) is 24.2. The van der Waals surface area contributed by atoms with Crippen molar-refractivity contribution in [2.24, 2.45) is 5.41 Å². The molecule has 67 heavy (non-hydrogen) atoms. The van der Waals surface area contributed by atoms with Crippen molar-refractivity contribution in [1.29, 1.82) is 0 Å². The van der Waals surface area contributed by atoms with Crippen LogP contribution >= 0.6 is 0 Å². The van der Waals surface area contributed by atoms with Gasteiger partial charge in [0.15, 0.2) is 0 Å². The molecule has 5 aromatic rings. The van der Waals surface area contributed by atoms with Crippen LogP contribution < -0.4 is 24.6 Å².